The third-order valence-corrected chi connectivity index (χ3v) is 3.44. The summed E-state index contributed by atoms with van der Waals surface area (Å²) in [5.74, 6) is 0.896. The van der Waals surface area contributed by atoms with Crippen molar-refractivity contribution in [1.82, 2.24) is 4.90 Å². The second-order valence-corrected chi connectivity index (χ2v) is 4.51. The minimum absolute atomic E-state index is 0.473. The van der Waals surface area contributed by atoms with E-state index in [0.29, 0.717) is 12.5 Å². The summed E-state index contributed by atoms with van der Waals surface area (Å²) in [5, 5.41) is 8.70. The van der Waals surface area contributed by atoms with E-state index in [4.69, 9.17) is 5.26 Å². The second kappa shape index (κ2) is 6.03. The number of nitriles is 1. The van der Waals surface area contributed by atoms with Crippen LogP contribution in [0, 0.1) is 17.2 Å². The first kappa shape index (κ1) is 11.5. The van der Waals surface area contributed by atoms with E-state index in [1.54, 1.807) is 0 Å². The predicted octanol–water partition coefficient (Wildman–Crippen LogP) is 2.80. The second-order valence-electron chi connectivity index (χ2n) is 4.51. The molecule has 1 aliphatic carbocycles. The van der Waals surface area contributed by atoms with Crippen LogP contribution in [0.25, 0.3) is 0 Å². The van der Waals surface area contributed by atoms with Crippen LogP contribution in [0.4, 0.5) is 0 Å². The zero-order valence-corrected chi connectivity index (χ0v) is 9.50. The zero-order chi connectivity index (χ0) is 10.4. The number of hydrogen-bond acceptors (Lipinski definition) is 2. The van der Waals surface area contributed by atoms with Gasteiger partial charge in [0.2, 0.25) is 0 Å². The van der Waals surface area contributed by atoms with Crippen LogP contribution < -0.4 is 0 Å². The molecule has 0 aromatic heterocycles. The van der Waals surface area contributed by atoms with Gasteiger partial charge in [-0.15, -0.1) is 0 Å². The maximum atomic E-state index is 8.70. The van der Waals surface area contributed by atoms with Crippen LogP contribution >= 0.6 is 0 Å². The molecule has 14 heavy (non-hydrogen) atoms. The van der Waals surface area contributed by atoms with Crippen LogP contribution in [-0.4, -0.2) is 24.5 Å². The van der Waals surface area contributed by atoms with E-state index in [9.17, 15) is 0 Å². The summed E-state index contributed by atoms with van der Waals surface area (Å²) in [6, 6.07) is 2.76. The third kappa shape index (κ3) is 3.31. The molecule has 1 rings (SSSR count). The lowest BCUT2D eigenvalue weighted by molar-refractivity contribution is 0.204. The number of rotatable bonds is 5. The monoisotopic (exact) mass is 194 g/mol. The maximum Gasteiger partial charge on any atom is 0.0638 e. The molecule has 0 heterocycles. The van der Waals surface area contributed by atoms with Gasteiger partial charge in [-0.3, -0.25) is 0 Å². The molecule has 1 atom stereocenters. The van der Waals surface area contributed by atoms with Crippen LogP contribution in [0.5, 0.6) is 0 Å². The zero-order valence-electron chi connectivity index (χ0n) is 9.50. The molecule has 0 amide bonds. The molecular weight excluding hydrogens is 172 g/mol. The standard InChI is InChI=1S/C12H22N2/c1-3-12(8-9-13)14(2)10-11-6-4-5-7-11/h11-12H,3-8,10H2,1-2H3. The average molecular weight is 194 g/mol. The van der Waals surface area contributed by atoms with E-state index in [0.717, 1.165) is 12.3 Å². The average Bonchev–Trinajstić information content (AvgIpc) is 2.66. The first-order valence-electron chi connectivity index (χ1n) is 5.85. The van der Waals surface area contributed by atoms with Crippen molar-refractivity contribution in [1.29, 1.82) is 5.26 Å². The van der Waals surface area contributed by atoms with Crippen molar-refractivity contribution in [3.63, 3.8) is 0 Å². The van der Waals surface area contributed by atoms with Crippen LogP contribution in [0.1, 0.15) is 45.4 Å². The van der Waals surface area contributed by atoms with E-state index in [2.05, 4.69) is 24.9 Å². The maximum absolute atomic E-state index is 8.70. The van der Waals surface area contributed by atoms with Crippen molar-refractivity contribution in [2.24, 2.45) is 5.92 Å². The van der Waals surface area contributed by atoms with Crippen molar-refractivity contribution < 1.29 is 0 Å². The number of hydrogen-bond donors (Lipinski definition) is 0. The van der Waals surface area contributed by atoms with Gasteiger partial charge in [-0.2, -0.15) is 5.26 Å². The molecule has 0 N–H and O–H groups in total. The third-order valence-electron chi connectivity index (χ3n) is 3.44. The summed E-state index contributed by atoms with van der Waals surface area (Å²) in [6.07, 6.45) is 7.39. The summed E-state index contributed by atoms with van der Waals surface area (Å²) in [7, 11) is 2.17. The van der Waals surface area contributed by atoms with Crippen LogP contribution in [0.15, 0.2) is 0 Å². The first-order chi connectivity index (χ1) is 6.77. The molecule has 0 aromatic rings. The fraction of sp³-hybridized carbons (Fsp3) is 0.917. The highest BCUT2D eigenvalue weighted by Gasteiger charge is 2.20. The molecule has 0 radical (unpaired) electrons. The Hall–Kier alpha value is -0.550. The van der Waals surface area contributed by atoms with Gasteiger partial charge in [0.1, 0.15) is 0 Å². The van der Waals surface area contributed by atoms with Crippen molar-refractivity contribution in [2.75, 3.05) is 13.6 Å². The van der Waals surface area contributed by atoms with Gasteiger partial charge in [0, 0.05) is 12.6 Å². The van der Waals surface area contributed by atoms with Crippen LogP contribution in [-0.2, 0) is 0 Å². The van der Waals surface area contributed by atoms with Gasteiger partial charge in [-0.05, 0) is 32.2 Å². The highest BCUT2D eigenvalue weighted by molar-refractivity contribution is 4.82. The Morgan fingerprint density at radius 2 is 2.07 bits per heavy atom. The van der Waals surface area contributed by atoms with E-state index in [-0.39, 0.29) is 0 Å². The quantitative estimate of drug-likeness (QED) is 0.673. The molecule has 2 nitrogen and oxygen atoms in total. The van der Waals surface area contributed by atoms with Gasteiger partial charge in [0.05, 0.1) is 12.5 Å². The Kier molecular flexibility index (Phi) is 4.97. The summed E-state index contributed by atoms with van der Waals surface area (Å²) in [6.45, 7) is 3.37. The number of nitrogens with zero attached hydrogens (tertiary/aromatic N) is 2. The van der Waals surface area contributed by atoms with Crippen molar-refractivity contribution in [3.8, 4) is 6.07 Å². The van der Waals surface area contributed by atoms with Crippen LogP contribution in [0.2, 0.25) is 0 Å². The van der Waals surface area contributed by atoms with Gasteiger partial charge in [0.25, 0.3) is 0 Å². The topological polar surface area (TPSA) is 27.0 Å². The van der Waals surface area contributed by atoms with Crippen molar-refractivity contribution in [2.45, 2.75) is 51.5 Å². The Morgan fingerprint density at radius 1 is 1.43 bits per heavy atom. The van der Waals surface area contributed by atoms with Crippen molar-refractivity contribution in [3.05, 3.63) is 0 Å². The lowest BCUT2D eigenvalue weighted by Crippen LogP contribution is -2.34. The van der Waals surface area contributed by atoms with Gasteiger partial charge in [-0.25, -0.2) is 0 Å². The molecule has 0 bridgehead atoms. The smallest absolute Gasteiger partial charge is 0.0638 e. The molecule has 2 heteroatoms. The summed E-state index contributed by atoms with van der Waals surface area (Å²) in [5.41, 5.74) is 0. The Bertz CT molecular complexity index is 189. The minimum atomic E-state index is 0.473. The van der Waals surface area contributed by atoms with Crippen molar-refractivity contribution >= 4 is 0 Å². The van der Waals surface area contributed by atoms with E-state index in [1.807, 2.05) is 0 Å². The lowest BCUT2D eigenvalue weighted by atomic mass is 10.1. The first-order valence-corrected chi connectivity index (χ1v) is 5.85. The minimum Gasteiger partial charge on any atom is -0.302 e. The van der Waals surface area contributed by atoms with Gasteiger partial charge >= 0.3 is 0 Å². The summed E-state index contributed by atoms with van der Waals surface area (Å²) in [4.78, 5) is 2.39. The molecule has 80 valence electrons. The van der Waals surface area contributed by atoms with E-state index < -0.39 is 0 Å². The molecule has 1 fully saturated rings. The van der Waals surface area contributed by atoms with Gasteiger partial charge < -0.3 is 4.90 Å². The Balaban J connectivity index is 2.30. The summed E-state index contributed by atoms with van der Waals surface area (Å²) >= 11 is 0. The predicted molar refractivity (Wildman–Crippen MR) is 58.9 cm³/mol. The molecule has 0 spiro atoms. The molecule has 0 saturated heterocycles. The van der Waals surface area contributed by atoms with E-state index in [1.165, 1.54) is 32.2 Å². The fourth-order valence-electron chi connectivity index (χ4n) is 2.47. The molecule has 1 unspecified atom stereocenters. The molecule has 0 aliphatic heterocycles. The van der Waals surface area contributed by atoms with E-state index >= 15 is 0 Å². The molecular formula is C12H22N2. The largest absolute Gasteiger partial charge is 0.302 e. The Labute approximate surface area is 87.9 Å². The molecule has 1 aliphatic rings. The molecule has 0 aromatic carbocycles. The lowest BCUT2D eigenvalue weighted by Gasteiger charge is -2.27. The SMILES string of the molecule is CCC(CC#N)N(C)CC1CCCC1. The normalized spacial score (nSPS) is 19.9. The molecule has 1 saturated carbocycles. The van der Waals surface area contributed by atoms with Gasteiger partial charge in [-0.1, -0.05) is 19.8 Å². The Morgan fingerprint density at radius 3 is 2.57 bits per heavy atom. The fourth-order valence-corrected chi connectivity index (χ4v) is 2.47. The van der Waals surface area contributed by atoms with Crippen LogP contribution in [0.3, 0.4) is 0 Å². The highest BCUT2D eigenvalue weighted by atomic mass is 15.1. The highest BCUT2D eigenvalue weighted by Crippen LogP contribution is 2.26. The summed E-state index contributed by atoms with van der Waals surface area (Å²) < 4.78 is 0. The van der Waals surface area contributed by atoms with Gasteiger partial charge in [0.15, 0.2) is 0 Å².